The van der Waals surface area contributed by atoms with Crippen molar-refractivity contribution < 1.29 is 18.9 Å². The van der Waals surface area contributed by atoms with Gasteiger partial charge in [0.25, 0.3) is 0 Å². The molecule has 0 unspecified atom stereocenters. The van der Waals surface area contributed by atoms with E-state index in [2.05, 4.69) is 22.6 Å². The summed E-state index contributed by atoms with van der Waals surface area (Å²) in [4.78, 5) is 0. The molecule has 0 saturated carbocycles. The number of hydrogen-bond donors (Lipinski definition) is 1. The maximum Gasteiger partial charge on any atom is 0.119 e. The Hall–Kier alpha value is -0.570. The summed E-state index contributed by atoms with van der Waals surface area (Å²) in [5.74, 6) is 0.801. The molecule has 0 aliphatic rings. The van der Waals surface area contributed by atoms with E-state index < -0.39 is 0 Å². The fraction of sp³-hybridized carbons (Fsp3) is 0.667. The van der Waals surface area contributed by atoms with E-state index in [0.717, 1.165) is 24.5 Å². The molecular formula is C18H30INO4. The summed E-state index contributed by atoms with van der Waals surface area (Å²) in [5.41, 5.74) is 6.34. The van der Waals surface area contributed by atoms with E-state index in [1.54, 1.807) is 0 Å². The van der Waals surface area contributed by atoms with Crippen LogP contribution >= 0.6 is 22.6 Å². The second kappa shape index (κ2) is 15.9. The molecule has 0 spiro atoms. The summed E-state index contributed by atoms with van der Waals surface area (Å²) in [6.45, 7) is 4.34. The molecule has 0 radical (unpaired) electrons. The monoisotopic (exact) mass is 451 g/mol. The van der Waals surface area contributed by atoms with Crippen molar-refractivity contribution in [3.05, 3.63) is 24.3 Å². The molecule has 0 aromatic heterocycles. The number of hydrogen-bond acceptors (Lipinski definition) is 5. The molecular weight excluding hydrogens is 421 g/mol. The first-order valence-electron chi connectivity index (χ1n) is 8.60. The second-order valence-electron chi connectivity index (χ2n) is 5.36. The van der Waals surface area contributed by atoms with Crippen molar-refractivity contribution in [1.29, 1.82) is 0 Å². The van der Waals surface area contributed by atoms with Crippen LogP contribution in [0.2, 0.25) is 0 Å². The lowest BCUT2D eigenvalue weighted by Gasteiger charge is -2.08. The van der Waals surface area contributed by atoms with E-state index in [4.69, 9.17) is 24.7 Å². The van der Waals surface area contributed by atoms with Crippen LogP contribution in [-0.2, 0) is 14.2 Å². The van der Waals surface area contributed by atoms with Crippen molar-refractivity contribution in [2.75, 3.05) is 56.4 Å². The highest BCUT2D eigenvalue weighted by Crippen LogP contribution is 2.12. The Morgan fingerprint density at radius 3 is 1.83 bits per heavy atom. The van der Waals surface area contributed by atoms with E-state index in [1.807, 2.05) is 24.3 Å². The Bertz CT molecular complexity index is 389. The van der Waals surface area contributed by atoms with Crippen LogP contribution in [-0.4, -0.2) is 50.7 Å². The SMILES string of the molecule is Nc1ccc(OCCOCCOCCOCCCCCCI)cc1. The van der Waals surface area contributed by atoms with Gasteiger partial charge in [-0.2, -0.15) is 0 Å². The van der Waals surface area contributed by atoms with Crippen molar-refractivity contribution in [3.63, 3.8) is 0 Å². The number of alkyl halides is 1. The number of benzene rings is 1. The molecule has 5 nitrogen and oxygen atoms in total. The Morgan fingerprint density at radius 2 is 1.21 bits per heavy atom. The second-order valence-corrected chi connectivity index (χ2v) is 6.44. The average molecular weight is 451 g/mol. The normalized spacial score (nSPS) is 10.9. The molecule has 1 aromatic carbocycles. The molecule has 6 heteroatoms. The third-order valence-corrected chi connectivity index (χ3v) is 4.06. The first-order chi connectivity index (χ1) is 11.8. The van der Waals surface area contributed by atoms with Crippen LogP contribution < -0.4 is 10.5 Å². The third-order valence-electron chi connectivity index (χ3n) is 3.29. The van der Waals surface area contributed by atoms with Gasteiger partial charge in [0, 0.05) is 12.3 Å². The molecule has 0 bridgehead atoms. The fourth-order valence-corrected chi connectivity index (χ4v) is 2.52. The van der Waals surface area contributed by atoms with Crippen molar-refractivity contribution in [1.82, 2.24) is 0 Å². The van der Waals surface area contributed by atoms with Crippen molar-refractivity contribution >= 4 is 28.3 Å². The number of unbranched alkanes of at least 4 members (excludes halogenated alkanes) is 3. The first-order valence-corrected chi connectivity index (χ1v) is 10.1. The van der Waals surface area contributed by atoms with Gasteiger partial charge < -0.3 is 24.7 Å². The van der Waals surface area contributed by atoms with Crippen LogP contribution in [0.1, 0.15) is 25.7 Å². The predicted octanol–water partition coefficient (Wildman–Crippen LogP) is 3.69. The zero-order valence-electron chi connectivity index (χ0n) is 14.4. The number of ether oxygens (including phenoxy) is 4. The van der Waals surface area contributed by atoms with E-state index in [0.29, 0.717) is 39.6 Å². The minimum absolute atomic E-state index is 0.518. The van der Waals surface area contributed by atoms with E-state index in [1.165, 1.54) is 23.7 Å². The fourth-order valence-electron chi connectivity index (χ4n) is 1.98. The van der Waals surface area contributed by atoms with E-state index in [-0.39, 0.29) is 0 Å². The van der Waals surface area contributed by atoms with Gasteiger partial charge in [0.15, 0.2) is 0 Å². The van der Waals surface area contributed by atoms with Gasteiger partial charge in [-0.25, -0.2) is 0 Å². The lowest BCUT2D eigenvalue weighted by molar-refractivity contribution is 0.00880. The largest absolute Gasteiger partial charge is 0.491 e. The Morgan fingerprint density at radius 1 is 0.667 bits per heavy atom. The van der Waals surface area contributed by atoms with Gasteiger partial charge >= 0.3 is 0 Å². The molecule has 0 saturated heterocycles. The molecule has 0 fully saturated rings. The van der Waals surface area contributed by atoms with Crippen molar-refractivity contribution in [2.45, 2.75) is 25.7 Å². The molecule has 0 aliphatic carbocycles. The molecule has 24 heavy (non-hydrogen) atoms. The summed E-state index contributed by atoms with van der Waals surface area (Å²) in [5, 5.41) is 0. The maximum absolute atomic E-state index is 5.61. The molecule has 1 aromatic rings. The van der Waals surface area contributed by atoms with Gasteiger partial charge in [0.2, 0.25) is 0 Å². The molecule has 2 N–H and O–H groups in total. The molecule has 0 heterocycles. The van der Waals surface area contributed by atoms with Crippen molar-refractivity contribution in [3.8, 4) is 5.75 Å². The highest BCUT2D eigenvalue weighted by Gasteiger charge is 1.95. The van der Waals surface area contributed by atoms with Crippen LogP contribution in [0.5, 0.6) is 5.75 Å². The van der Waals surface area contributed by atoms with Gasteiger partial charge in [-0.05, 0) is 41.5 Å². The van der Waals surface area contributed by atoms with Crippen LogP contribution in [0.15, 0.2) is 24.3 Å². The van der Waals surface area contributed by atoms with E-state index >= 15 is 0 Å². The van der Waals surface area contributed by atoms with E-state index in [9.17, 15) is 0 Å². The van der Waals surface area contributed by atoms with Gasteiger partial charge in [0.05, 0.1) is 33.0 Å². The van der Waals surface area contributed by atoms with Gasteiger partial charge in [-0.15, -0.1) is 0 Å². The summed E-state index contributed by atoms with van der Waals surface area (Å²) >= 11 is 2.42. The number of anilines is 1. The quantitative estimate of drug-likeness (QED) is 0.180. The summed E-state index contributed by atoms with van der Waals surface area (Å²) < 4.78 is 23.2. The standard InChI is InChI=1S/C18H30INO4/c19-9-3-1-2-4-10-21-11-12-22-13-14-23-15-16-24-18-7-5-17(20)6-8-18/h5-8H,1-4,9-16,20H2. The minimum atomic E-state index is 0.518. The van der Waals surface area contributed by atoms with Crippen molar-refractivity contribution in [2.24, 2.45) is 0 Å². The topological polar surface area (TPSA) is 62.9 Å². The minimum Gasteiger partial charge on any atom is -0.491 e. The molecule has 0 atom stereocenters. The average Bonchev–Trinajstić information content (AvgIpc) is 2.60. The lowest BCUT2D eigenvalue weighted by atomic mass is 10.2. The zero-order chi connectivity index (χ0) is 17.3. The number of nitrogen functional groups attached to an aromatic ring is 1. The molecule has 0 aliphatic heterocycles. The Balaban J connectivity index is 1.75. The molecule has 138 valence electrons. The Kier molecular flexibility index (Phi) is 14.3. The van der Waals surface area contributed by atoms with Crippen LogP contribution in [0.25, 0.3) is 0 Å². The highest BCUT2D eigenvalue weighted by molar-refractivity contribution is 14.1. The number of nitrogens with two attached hydrogens (primary N) is 1. The smallest absolute Gasteiger partial charge is 0.119 e. The van der Waals surface area contributed by atoms with Crippen LogP contribution in [0, 0.1) is 0 Å². The highest BCUT2D eigenvalue weighted by atomic mass is 127. The lowest BCUT2D eigenvalue weighted by Crippen LogP contribution is -2.13. The summed E-state index contributed by atoms with van der Waals surface area (Å²) in [7, 11) is 0. The molecule has 1 rings (SSSR count). The number of halogens is 1. The van der Waals surface area contributed by atoms with Gasteiger partial charge in [-0.3, -0.25) is 0 Å². The van der Waals surface area contributed by atoms with Gasteiger partial charge in [-0.1, -0.05) is 35.4 Å². The zero-order valence-corrected chi connectivity index (χ0v) is 16.5. The molecule has 0 amide bonds. The van der Waals surface area contributed by atoms with Crippen LogP contribution in [0.4, 0.5) is 5.69 Å². The first kappa shape index (κ1) is 21.5. The van der Waals surface area contributed by atoms with Crippen LogP contribution in [0.3, 0.4) is 0 Å². The predicted molar refractivity (Wildman–Crippen MR) is 106 cm³/mol. The number of rotatable bonds is 16. The summed E-state index contributed by atoms with van der Waals surface area (Å²) in [6, 6.07) is 7.33. The van der Waals surface area contributed by atoms with Gasteiger partial charge in [0.1, 0.15) is 12.4 Å². The Labute approximate surface area is 159 Å². The summed E-state index contributed by atoms with van der Waals surface area (Å²) in [6.07, 6.45) is 5.03. The maximum atomic E-state index is 5.61. The third kappa shape index (κ3) is 12.8.